The van der Waals surface area contributed by atoms with Crippen molar-refractivity contribution in [1.82, 2.24) is 25.1 Å². The maximum Gasteiger partial charge on any atom is 0.270 e. The van der Waals surface area contributed by atoms with Crippen molar-refractivity contribution < 1.29 is 9.53 Å². The van der Waals surface area contributed by atoms with Gasteiger partial charge in [0.2, 0.25) is 5.88 Å². The molecule has 1 N–H and O–H groups in total. The van der Waals surface area contributed by atoms with Crippen molar-refractivity contribution in [3.8, 4) is 5.88 Å². The van der Waals surface area contributed by atoms with E-state index in [4.69, 9.17) is 4.74 Å². The van der Waals surface area contributed by atoms with Crippen LogP contribution in [0.3, 0.4) is 0 Å². The smallest absolute Gasteiger partial charge is 0.270 e. The summed E-state index contributed by atoms with van der Waals surface area (Å²) in [6, 6.07) is 4.40. The number of amides is 1. The van der Waals surface area contributed by atoms with E-state index in [9.17, 15) is 9.59 Å². The van der Waals surface area contributed by atoms with Crippen LogP contribution in [-0.4, -0.2) is 39.3 Å². The van der Waals surface area contributed by atoms with Crippen molar-refractivity contribution in [2.45, 2.75) is 6.54 Å². The standard InChI is InChI=1S/C12H13N5O3/c1-20-10-7-9(14-8-15-10)12(19)13-5-6-17-11(18)3-2-4-16-17/h2-4,7-8H,5-6H2,1H3,(H,13,19). The molecule has 2 aromatic heterocycles. The Kier molecular flexibility index (Phi) is 4.38. The summed E-state index contributed by atoms with van der Waals surface area (Å²) in [6.07, 6.45) is 2.76. The van der Waals surface area contributed by atoms with Crippen molar-refractivity contribution in [2.24, 2.45) is 0 Å². The molecule has 0 saturated heterocycles. The third-order valence-electron chi connectivity index (χ3n) is 2.48. The van der Waals surface area contributed by atoms with Crippen LogP contribution in [0.2, 0.25) is 0 Å². The molecule has 0 aromatic carbocycles. The van der Waals surface area contributed by atoms with Gasteiger partial charge in [0.05, 0.1) is 13.7 Å². The molecule has 0 saturated carbocycles. The molecule has 0 spiro atoms. The van der Waals surface area contributed by atoms with Crippen LogP contribution in [0.15, 0.2) is 35.5 Å². The average Bonchev–Trinajstić information content (AvgIpc) is 2.49. The van der Waals surface area contributed by atoms with E-state index in [1.54, 1.807) is 6.07 Å². The van der Waals surface area contributed by atoms with Gasteiger partial charge in [0, 0.05) is 24.9 Å². The number of carbonyl (C=O) groups excluding carboxylic acids is 1. The van der Waals surface area contributed by atoms with Crippen LogP contribution in [0.25, 0.3) is 0 Å². The van der Waals surface area contributed by atoms with Gasteiger partial charge in [-0.2, -0.15) is 5.10 Å². The van der Waals surface area contributed by atoms with Gasteiger partial charge in [-0.3, -0.25) is 9.59 Å². The fourth-order valence-corrected chi connectivity index (χ4v) is 1.50. The van der Waals surface area contributed by atoms with E-state index in [0.29, 0.717) is 5.88 Å². The van der Waals surface area contributed by atoms with E-state index in [1.807, 2.05) is 0 Å². The van der Waals surface area contributed by atoms with Crippen LogP contribution in [0.5, 0.6) is 5.88 Å². The van der Waals surface area contributed by atoms with Gasteiger partial charge >= 0.3 is 0 Å². The first-order chi connectivity index (χ1) is 9.70. The Morgan fingerprint density at radius 3 is 3.05 bits per heavy atom. The zero-order chi connectivity index (χ0) is 14.4. The Hall–Kier alpha value is -2.77. The molecule has 20 heavy (non-hydrogen) atoms. The van der Waals surface area contributed by atoms with E-state index in [1.165, 1.54) is 36.4 Å². The molecule has 2 aromatic rings. The Morgan fingerprint density at radius 1 is 1.45 bits per heavy atom. The van der Waals surface area contributed by atoms with Crippen molar-refractivity contribution in [2.75, 3.05) is 13.7 Å². The number of ether oxygens (including phenoxy) is 1. The van der Waals surface area contributed by atoms with Gasteiger partial charge in [-0.1, -0.05) is 0 Å². The monoisotopic (exact) mass is 275 g/mol. The highest BCUT2D eigenvalue weighted by molar-refractivity contribution is 5.92. The molecule has 2 rings (SSSR count). The highest BCUT2D eigenvalue weighted by Gasteiger charge is 2.08. The van der Waals surface area contributed by atoms with Crippen molar-refractivity contribution in [3.05, 3.63) is 46.8 Å². The lowest BCUT2D eigenvalue weighted by Gasteiger charge is -2.06. The van der Waals surface area contributed by atoms with E-state index in [-0.39, 0.29) is 30.2 Å². The maximum atomic E-state index is 11.8. The van der Waals surface area contributed by atoms with Crippen molar-refractivity contribution in [3.63, 3.8) is 0 Å². The first kappa shape index (κ1) is 13.7. The van der Waals surface area contributed by atoms with Crippen LogP contribution in [-0.2, 0) is 6.54 Å². The van der Waals surface area contributed by atoms with Crippen LogP contribution in [0.4, 0.5) is 0 Å². The molecule has 2 heterocycles. The number of aromatic nitrogens is 4. The van der Waals surface area contributed by atoms with Gasteiger partial charge in [0.15, 0.2) is 0 Å². The first-order valence-corrected chi connectivity index (χ1v) is 5.87. The summed E-state index contributed by atoms with van der Waals surface area (Å²) >= 11 is 0. The van der Waals surface area contributed by atoms with Gasteiger partial charge in [-0.05, 0) is 6.07 Å². The first-order valence-electron chi connectivity index (χ1n) is 5.87. The number of hydrogen-bond acceptors (Lipinski definition) is 6. The molecule has 8 heteroatoms. The third kappa shape index (κ3) is 3.37. The average molecular weight is 275 g/mol. The molecule has 0 aliphatic carbocycles. The van der Waals surface area contributed by atoms with E-state index in [2.05, 4.69) is 20.4 Å². The molecular weight excluding hydrogens is 262 g/mol. The zero-order valence-electron chi connectivity index (χ0n) is 10.8. The molecule has 0 fully saturated rings. The summed E-state index contributed by atoms with van der Waals surface area (Å²) in [5.41, 5.74) is -0.0179. The largest absolute Gasteiger partial charge is 0.481 e. The lowest BCUT2D eigenvalue weighted by Crippen LogP contribution is -2.32. The minimum atomic E-state index is -0.366. The predicted molar refractivity (Wildman–Crippen MR) is 69.4 cm³/mol. The summed E-state index contributed by atoms with van der Waals surface area (Å²) < 4.78 is 6.17. The summed E-state index contributed by atoms with van der Waals surface area (Å²) in [5, 5.41) is 6.52. The van der Waals surface area contributed by atoms with Gasteiger partial charge in [-0.25, -0.2) is 14.6 Å². The highest BCUT2D eigenvalue weighted by Crippen LogP contribution is 2.05. The van der Waals surface area contributed by atoms with Crippen LogP contribution < -0.4 is 15.6 Å². The Bertz CT molecular complexity index is 655. The summed E-state index contributed by atoms with van der Waals surface area (Å²) in [4.78, 5) is 30.9. The maximum absolute atomic E-state index is 11.8. The van der Waals surface area contributed by atoms with Crippen molar-refractivity contribution in [1.29, 1.82) is 0 Å². The predicted octanol–water partition coefficient (Wildman–Crippen LogP) is -0.528. The number of nitrogens with one attached hydrogen (secondary N) is 1. The Labute approximate surface area is 114 Å². The normalized spacial score (nSPS) is 10.1. The molecule has 0 atom stereocenters. The number of hydrogen-bond donors (Lipinski definition) is 1. The number of carbonyl (C=O) groups is 1. The molecule has 1 amide bonds. The molecule has 0 radical (unpaired) electrons. The lowest BCUT2D eigenvalue weighted by molar-refractivity contribution is 0.0946. The molecule has 8 nitrogen and oxygen atoms in total. The second-order valence-corrected chi connectivity index (χ2v) is 3.79. The van der Waals surface area contributed by atoms with E-state index >= 15 is 0 Å². The molecule has 0 bridgehead atoms. The number of rotatable bonds is 5. The zero-order valence-corrected chi connectivity index (χ0v) is 10.8. The summed E-state index contributed by atoms with van der Waals surface area (Å²) in [7, 11) is 1.46. The quantitative estimate of drug-likeness (QED) is 0.787. The fourth-order valence-electron chi connectivity index (χ4n) is 1.50. The Balaban J connectivity index is 1.92. The summed E-state index contributed by atoms with van der Waals surface area (Å²) in [5.74, 6) is -0.0548. The minimum absolute atomic E-state index is 0.199. The molecule has 0 aliphatic rings. The number of methoxy groups -OCH3 is 1. The van der Waals surface area contributed by atoms with Gasteiger partial charge in [-0.15, -0.1) is 0 Å². The lowest BCUT2D eigenvalue weighted by atomic mass is 10.3. The molecular formula is C12H13N5O3. The van der Waals surface area contributed by atoms with Crippen LogP contribution in [0.1, 0.15) is 10.5 Å². The summed E-state index contributed by atoms with van der Waals surface area (Å²) in [6.45, 7) is 0.551. The molecule has 0 aliphatic heterocycles. The fraction of sp³-hybridized carbons (Fsp3) is 0.250. The second-order valence-electron chi connectivity index (χ2n) is 3.79. The third-order valence-corrected chi connectivity index (χ3v) is 2.48. The van der Waals surface area contributed by atoms with Crippen molar-refractivity contribution >= 4 is 5.91 Å². The molecule has 0 unspecified atom stereocenters. The number of nitrogens with zero attached hydrogens (tertiary/aromatic N) is 4. The van der Waals surface area contributed by atoms with Gasteiger partial charge < -0.3 is 10.1 Å². The second kappa shape index (κ2) is 6.41. The van der Waals surface area contributed by atoms with Gasteiger partial charge in [0.25, 0.3) is 11.5 Å². The SMILES string of the molecule is COc1cc(C(=O)NCCn2ncccc2=O)ncn1. The van der Waals surface area contributed by atoms with E-state index < -0.39 is 0 Å². The molecule has 104 valence electrons. The topological polar surface area (TPSA) is 99.0 Å². The minimum Gasteiger partial charge on any atom is -0.481 e. The van der Waals surface area contributed by atoms with Crippen LogP contribution >= 0.6 is 0 Å². The van der Waals surface area contributed by atoms with Crippen LogP contribution in [0, 0.1) is 0 Å². The van der Waals surface area contributed by atoms with E-state index in [0.717, 1.165) is 0 Å². The van der Waals surface area contributed by atoms with Gasteiger partial charge in [0.1, 0.15) is 12.0 Å². The highest BCUT2D eigenvalue weighted by atomic mass is 16.5. The Morgan fingerprint density at radius 2 is 2.30 bits per heavy atom.